The molecule has 0 saturated heterocycles. The van der Waals surface area contributed by atoms with Crippen LogP contribution in [0.3, 0.4) is 0 Å². The van der Waals surface area contributed by atoms with Crippen LogP contribution in [0.4, 0.5) is 36.8 Å². The molecule has 2 aromatic rings. The standard InChI is InChI=1S/C18H16F6N2O2/c1-28-15-5-3-2-4-11(15)6-7-25-16(27)26-14-9-12(17(19,20)21)8-13(10-14)18(22,23)24/h2-5,8-10H,6-7H2,1H3,(H2,25,26,27). The molecule has 152 valence electrons. The largest absolute Gasteiger partial charge is 0.496 e. The van der Waals surface area contributed by atoms with Gasteiger partial charge in [0.15, 0.2) is 0 Å². The van der Waals surface area contributed by atoms with Gasteiger partial charge < -0.3 is 15.4 Å². The first kappa shape index (κ1) is 21.4. The molecule has 0 spiro atoms. The number of carbonyl (C=O) groups is 1. The zero-order valence-electron chi connectivity index (χ0n) is 14.5. The summed E-state index contributed by atoms with van der Waals surface area (Å²) >= 11 is 0. The smallest absolute Gasteiger partial charge is 0.416 e. The normalized spacial score (nSPS) is 11.8. The summed E-state index contributed by atoms with van der Waals surface area (Å²) in [5.74, 6) is 0.595. The van der Waals surface area contributed by atoms with Gasteiger partial charge in [-0.05, 0) is 36.2 Å². The van der Waals surface area contributed by atoms with Crippen LogP contribution in [0.15, 0.2) is 42.5 Å². The summed E-state index contributed by atoms with van der Waals surface area (Å²) in [6.07, 6.45) is -9.62. The van der Waals surface area contributed by atoms with Crippen molar-refractivity contribution in [2.45, 2.75) is 18.8 Å². The van der Waals surface area contributed by atoms with E-state index in [2.05, 4.69) is 5.32 Å². The summed E-state index contributed by atoms with van der Waals surface area (Å²) in [4.78, 5) is 11.9. The number of nitrogens with one attached hydrogen (secondary N) is 2. The summed E-state index contributed by atoms with van der Waals surface area (Å²) in [7, 11) is 1.48. The number of alkyl halides is 6. The molecule has 2 N–H and O–H groups in total. The van der Waals surface area contributed by atoms with E-state index in [-0.39, 0.29) is 12.6 Å². The fourth-order valence-corrected chi connectivity index (χ4v) is 2.42. The number of ether oxygens (including phenoxy) is 1. The first-order valence-corrected chi connectivity index (χ1v) is 7.97. The molecule has 0 radical (unpaired) electrons. The van der Waals surface area contributed by atoms with Crippen LogP contribution in [0.2, 0.25) is 0 Å². The predicted octanol–water partition coefficient (Wildman–Crippen LogP) is 5.10. The number of rotatable bonds is 5. The van der Waals surface area contributed by atoms with Gasteiger partial charge in [-0.1, -0.05) is 18.2 Å². The van der Waals surface area contributed by atoms with Gasteiger partial charge in [-0.2, -0.15) is 26.3 Å². The van der Waals surface area contributed by atoms with Gasteiger partial charge in [-0.25, -0.2) is 4.79 Å². The molecule has 0 heterocycles. The molecule has 0 saturated carbocycles. The van der Waals surface area contributed by atoms with Crippen LogP contribution in [-0.2, 0) is 18.8 Å². The molecule has 0 aliphatic carbocycles. The first-order chi connectivity index (χ1) is 13.0. The highest BCUT2D eigenvalue weighted by Gasteiger charge is 2.37. The number of urea groups is 1. The number of hydrogen-bond donors (Lipinski definition) is 2. The second-order valence-corrected chi connectivity index (χ2v) is 5.74. The molecular formula is C18H16F6N2O2. The number of carbonyl (C=O) groups excluding carboxylic acids is 1. The summed E-state index contributed by atoms with van der Waals surface area (Å²) in [5.41, 5.74) is -2.85. The first-order valence-electron chi connectivity index (χ1n) is 7.97. The third kappa shape index (κ3) is 5.80. The SMILES string of the molecule is COc1ccccc1CCNC(=O)Nc1cc(C(F)(F)F)cc(C(F)(F)F)c1. The molecule has 0 bridgehead atoms. The number of halogens is 6. The zero-order valence-corrected chi connectivity index (χ0v) is 14.5. The van der Waals surface area contributed by atoms with Crippen molar-refractivity contribution in [1.29, 1.82) is 0 Å². The average molecular weight is 406 g/mol. The van der Waals surface area contributed by atoms with Gasteiger partial charge in [0, 0.05) is 12.2 Å². The summed E-state index contributed by atoms with van der Waals surface area (Å²) in [5, 5.41) is 4.38. The lowest BCUT2D eigenvalue weighted by Gasteiger charge is -2.15. The van der Waals surface area contributed by atoms with Crippen LogP contribution in [0, 0.1) is 0 Å². The Morgan fingerprint density at radius 3 is 2.07 bits per heavy atom. The maximum atomic E-state index is 12.8. The lowest BCUT2D eigenvalue weighted by molar-refractivity contribution is -0.143. The highest BCUT2D eigenvalue weighted by Crippen LogP contribution is 2.37. The zero-order chi connectivity index (χ0) is 20.9. The van der Waals surface area contributed by atoms with Crippen LogP contribution in [0.1, 0.15) is 16.7 Å². The van der Waals surface area contributed by atoms with Crippen molar-refractivity contribution in [1.82, 2.24) is 5.32 Å². The van der Waals surface area contributed by atoms with Gasteiger partial charge in [-0.15, -0.1) is 0 Å². The van der Waals surface area contributed by atoms with E-state index in [1.54, 1.807) is 24.3 Å². The molecule has 0 aliphatic rings. The minimum absolute atomic E-state index is 0.00916. The Morgan fingerprint density at radius 1 is 0.964 bits per heavy atom. The molecule has 2 rings (SSSR count). The monoisotopic (exact) mass is 406 g/mol. The van der Waals surface area contributed by atoms with Crippen molar-refractivity contribution < 1.29 is 35.9 Å². The second kappa shape index (κ2) is 8.41. The number of benzene rings is 2. The van der Waals surface area contributed by atoms with Gasteiger partial charge in [0.25, 0.3) is 0 Å². The van der Waals surface area contributed by atoms with Crippen molar-refractivity contribution in [2.24, 2.45) is 0 Å². The topological polar surface area (TPSA) is 50.4 Å². The quantitative estimate of drug-likeness (QED) is 0.679. The molecule has 0 aliphatic heterocycles. The van der Waals surface area contributed by atoms with Gasteiger partial charge >= 0.3 is 18.4 Å². The van der Waals surface area contributed by atoms with Gasteiger partial charge in [0.2, 0.25) is 0 Å². The van der Waals surface area contributed by atoms with E-state index < -0.39 is 35.2 Å². The minimum Gasteiger partial charge on any atom is -0.496 e. The molecule has 0 unspecified atom stereocenters. The van der Waals surface area contributed by atoms with Crippen LogP contribution in [0.25, 0.3) is 0 Å². The van der Waals surface area contributed by atoms with E-state index >= 15 is 0 Å². The van der Waals surface area contributed by atoms with Crippen molar-refractivity contribution in [2.75, 3.05) is 19.0 Å². The van der Waals surface area contributed by atoms with E-state index in [9.17, 15) is 31.1 Å². The van der Waals surface area contributed by atoms with Crippen molar-refractivity contribution >= 4 is 11.7 Å². The number of methoxy groups -OCH3 is 1. The highest BCUT2D eigenvalue weighted by atomic mass is 19.4. The highest BCUT2D eigenvalue weighted by molar-refractivity contribution is 5.89. The lowest BCUT2D eigenvalue weighted by atomic mass is 10.1. The summed E-state index contributed by atoms with van der Waals surface area (Å²) in [6.45, 7) is 0.0945. The molecule has 0 fully saturated rings. The fraction of sp³-hybridized carbons (Fsp3) is 0.278. The number of anilines is 1. The van der Waals surface area contributed by atoms with E-state index in [1.165, 1.54) is 7.11 Å². The molecule has 0 atom stereocenters. The lowest BCUT2D eigenvalue weighted by Crippen LogP contribution is -2.30. The third-order valence-corrected chi connectivity index (χ3v) is 3.72. The van der Waals surface area contributed by atoms with Crippen molar-refractivity contribution in [3.8, 4) is 5.75 Å². The van der Waals surface area contributed by atoms with E-state index in [0.717, 1.165) is 5.56 Å². The van der Waals surface area contributed by atoms with Crippen LogP contribution in [-0.4, -0.2) is 19.7 Å². The maximum Gasteiger partial charge on any atom is 0.416 e. The Balaban J connectivity index is 2.06. The second-order valence-electron chi connectivity index (χ2n) is 5.74. The molecule has 28 heavy (non-hydrogen) atoms. The summed E-state index contributed by atoms with van der Waals surface area (Å²) < 4.78 is 82.1. The van der Waals surface area contributed by atoms with E-state index in [0.29, 0.717) is 24.3 Å². The minimum atomic E-state index is -4.99. The van der Waals surface area contributed by atoms with Crippen molar-refractivity contribution in [3.05, 3.63) is 59.2 Å². The molecule has 4 nitrogen and oxygen atoms in total. The average Bonchev–Trinajstić information content (AvgIpc) is 2.60. The van der Waals surface area contributed by atoms with E-state index in [1.807, 2.05) is 5.32 Å². The van der Waals surface area contributed by atoms with Gasteiger partial charge in [-0.3, -0.25) is 0 Å². The summed E-state index contributed by atoms with van der Waals surface area (Å²) in [6, 6.07) is 6.95. The molecule has 10 heteroatoms. The number of para-hydroxylation sites is 1. The van der Waals surface area contributed by atoms with Crippen LogP contribution < -0.4 is 15.4 Å². The molecule has 2 amide bonds. The molecular weight excluding hydrogens is 390 g/mol. The Labute approximate surface area is 156 Å². The fourth-order valence-electron chi connectivity index (χ4n) is 2.42. The Bertz CT molecular complexity index is 801. The predicted molar refractivity (Wildman–Crippen MR) is 90.2 cm³/mol. The maximum absolute atomic E-state index is 12.8. The Kier molecular flexibility index (Phi) is 6.42. The Hall–Kier alpha value is -2.91. The molecule has 2 aromatic carbocycles. The van der Waals surface area contributed by atoms with Gasteiger partial charge in [0.05, 0.1) is 18.2 Å². The van der Waals surface area contributed by atoms with Crippen molar-refractivity contribution in [3.63, 3.8) is 0 Å². The van der Waals surface area contributed by atoms with Crippen LogP contribution in [0.5, 0.6) is 5.75 Å². The number of amides is 2. The Morgan fingerprint density at radius 2 is 1.54 bits per heavy atom. The van der Waals surface area contributed by atoms with Crippen LogP contribution >= 0.6 is 0 Å². The van der Waals surface area contributed by atoms with E-state index in [4.69, 9.17) is 4.74 Å². The van der Waals surface area contributed by atoms with Gasteiger partial charge in [0.1, 0.15) is 5.75 Å². The number of hydrogen-bond acceptors (Lipinski definition) is 2. The molecule has 0 aromatic heterocycles. The third-order valence-electron chi connectivity index (χ3n) is 3.72.